The molecule has 0 aliphatic heterocycles. The number of hydrogen-bond donors (Lipinski definition) is 1. The van der Waals surface area contributed by atoms with Crippen molar-refractivity contribution >= 4 is 39.3 Å². The predicted octanol–water partition coefficient (Wildman–Crippen LogP) is 2.54. The molecule has 0 spiro atoms. The van der Waals surface area contributed by atoms with Crippen molar-refractivity contribution in [1.29, 1.82) is 0 Å². The van der Waals surface area contributed by atoms with Crippen molar-refractivity contribution in [2.45, 2.75) is 0 Å². The summed E-state index contributed by atoms with van der Waals surface area (Å²) >= 11 is 2.21. The van der Waals surface area contributed by atoms with Crippen molar-refractivity contribution < 1.29 is 9.90 Å². The molecule has 0 atom stereocenters. The van der Waals surface area contributed by atoms with Gasteiger partial charge < -0.3 is 5.11 Å². The second-order valence-corrected chi connectivity index (χ2v) is 4.11. The summed E-state index contributed by atoms with van der Waals surface area (Å²) in [5, 5.41) is 10.6. The van der Waals surface area contributed by atoms with Gasteiger partial charge in [0.25, 0.3) is 0 Å². The number of hydrogen-bond acceptors (Lipinski definition) is 2. The van der Waals surface area contributed by atoms with E-state index in [1.807, 2.05) is 18.2 Å². The monoisotopic (exact) mass is 299 g/mol. The molecule has 0 aliphatic rings. The van der Waals surface area contributed by atoms with E-state index in [0.717, 1.165) is 14.3 Å². The maximum atomic E-state index is 10.6. The van der Waals surface area contributed by atoms with Crippen molar-refractivity contribution in [3.63, 3.8) is 0 Å². The molecule has 0 aliphatic carbocycles. The van der Waals surface area contributed by atoms with E-state index in [0.29, 0.717) is 0 Å². The number of rotatable bonds is 1. The molecule has 0 saturated carbocycles. The maximum Gasteiger partial charge on any atom is 0.354 e. The third kappa shape index (κ3) is 1.70. The first-order valence-electron chi connectivity index (χ1n) is 3.95. The number of carboxylic acid groups (broad SMARTS) is 1. The number of nitrogens with zero attached hydrogens (tertiary/aromatic N) is 1. The SMILES string of the molecule is O=C(O)c1cc2ccc(I)cc2cn1. The fourth-order valence-electron chi connectivity index (χ4n) is 1.23. The van der Waals surface area contributed by atoms with Gasteiger partial charge in [-0.1, -0.05) is 6.07 Å². The molecule has 0 unspecified atom stereocenters. The van der Waals surface area contributed by atoms with Gasteiger partial charge in [-0.2, -0.15) is 0 Å². The average Bonchev–Trinajstić information content (AvgIpc) is 2.16. The molecular formula is C10H6INO2. The van der Waals surface area contributed by atoms with Crippen molar-refractivity contribution in [2.24, 2.45) is 0 Å². The Morgan fingerprint density at radius 3 is 2.79 bits per heavy atom. The molecule has 2 aromatic rings. The van der Waals surface area contributed by atoms with E-state index in [1.54, 1.807) is 12.3 Å². The van der Waals surface area contributed by atoms with Crippen LogP contribution in [0.4, 0.5) is 0 Å². The highest BCUT2D eigenvalue weighted by Gasteiger charge is 2.04. The summed E-state index contributed by atoms with van der Waals surface area (Å²) in [6.07, 6.45) is 1.58. The minimum atomic E-state index is -0.995. The standard InChI is InChI=1S/C10H6INO2/c11-8-2-1-6-4-9(10(13)14)12-5-7(6)3-8/h1-5H,(H,13,14). The molecule has 0 radical (unpaired) electrons. The number of aromatic nitrogens is 1. The van der Waals surface area contributed by atoms with Crippen LogP contribution in [0.1, 0.15) is 10.5 Å². The molecule has 1 N–H and O–H groups in total. The Morgan fingerprint density at radius 2 is 2.07 bits per heavy atom. The molecule has 1 aromatic carbocycles. The minimum absolute atomic E-state index is 0.0821. The first-order valence-corrected chi connectivity index (χ1v) is 5.03. The predicted molar refractivity (Wildman–Crippen MR) is 61.4 cm³/mol. The molecule has 0 amide bonds. The Labute approximate surface area is 93.9 Å². The van der Waals surface area contributed by atoms with Crippen LogP contribution in [0.3, 0.4) is 0 Å². The largest absolute Gasteiger partial charge is 0.477 e. The molecule has 0 bridgehead atoms. The number of carboxylic acids is 1. The van der Waals surface area contributed by atoms with E-state index < -0.39 is 5.97 Å². The van der Waals surface area contributed by atoms with E-state index in [2.05, 4.69) is 27.6 Å². The Bertz CT molecular complexity index is 510. The molecule has 0 saturated heterocycles. The molecule has 70 valence electrons. The summed E-state index contributed by atoms with van der Waals surface area (Å²) in [5.41, 5.74) is 0.0821. The molecule has 14 heavy (non-hydrogen) atoms. The lowest BCUT2D eigenvalue weighted by Crippen LogP contribution is -1.99. The lowest BCUT2D eigenvalue weighted by atomic mass is 10.1. The zero-order valence-electron chi connectivity index (χ0n) is 7.07. The Kier molecular flexibility index (Phi) is 2.37. The van der Waals surface area contributed by atoms with E-state index in [9.17, 15) is 4.79 Å². The number of halogens is 1. The highest BCUT2D eigenvalue weighted by atomic mass is 127. The number of fused-ring (bicyclic) bond motifs is 1. The van der Waals surface area contributed by atoms with E-state index in [1.165, 1.54) is 0 Å². The van der Waals surface area contributed by atoms with Crippen LogP contribution in [0.25, 0.3) is 10.8 Å². The zero-order valence-corrected chi connectivity index (χ0v) is 9.22. The average molecular weight is 299 g/mol. The summed E-state index contributed by atoms with van der Waals surface area (Å²) in [6.45, 7) is 0. The number of pyridine rings is 1. The van der Waals surface area contributed by atoms with Crippen LogP contribution in [0.15, 0.2) is 30.5 Å². The van der Waals surface area contributed by atoms with Crippen LogP contribution in [-0.2, 0) is 0 Å². The van der Waals surface area contributed by atoms with Crippen LogP contribution < -0.4 is 0 Å². The van der Waals surface area contributed by atoms with Gasteiger partial charge in [-0.25, -0.2) is 9.78 Å². The fourth-order valence-corrected chi connectivity index (χ4v) is 1.74. The summed E-state index contributed by atoms with van der Waals surface area (Å²) in [4.78, 5) is 14.5. The molecule has 4 heteroatoms. The van der Waals surface area contributed by atoms with Gasteiger partial charge in [0.2, 0.25) is 0 Å². The van der Waals surface area contributed by atoms with Crippen LogP contribution in [-0.4, -0.2) is 16.1 Å². The van der Waals surface area contributed by atoms with Crippen molar-refractivity contribution in [2.75, 3.05) is 0 Å². The fraction of sp³-hybridized carbons (Fsp3) is 0. The Morgan fingerprint density at radius 1 is 1.29 bits per heavy atom. The third-order valence-electron chi connectivity index (χ3n) is 1.90. The lowest BCUT2D eigenvalue weighted by molar-refractivity contribution is 0.0691. The smallest absolute Gasteiger partial charge is 0.354 e. The zero-order chi connectivity index (χ0) is 10.1. The maximum absolute atomic E-state index is 10.6. The van der Waals surface area contributed by atoms with Gasteiger partial charge in [-0.05, 0) is 46.2 Å². The Hall–Kier alpha value is -1.17. The van der Waals surface area contributed by atoms with E-state index in [-0.39, 0.29) is 5.69 Å². The van der Waals surface area contributed by atoms with Gasteiger partial charge in [-0.15, -0.1) is 0 Å². The van der Waals surface area contributed by atoms with Crippen molar-refractivity contribution in [3.05, 3.63) is 39.7 Å². The summed E-state index contributed by atoms with van der Waals surface area (Å²) < 4.78 is 1.11. The molecular weight excluding hydrogens is 293 g/mol. The lowest BCUT2D eigenvalue weighted by Gasteiger charge is -1.99. The summed E-state index contributed by atoms with van der Waals surface area (Å²) in [6, 6.07) is 7.38. The highest BCUT2D eigenvalue weighted by Crippen LogP contribution is 2.17. The molecule has 3 nitrogen and oxygen atoms in total. The van der Waals surface area contributed by atoms with Crippen molar-refractivity contribution in [3.8, 4) is 0 Å². The first-order chi connectivity index (χ1) is 6.66. The van der Waals surface area contributed by atoms with Crippen LogP contribution >= 0.6 is 22.6 Å². The molecule has 2 rings (SSSR count). The van der Waals surface area contributed by atoms with Crippen LogP contribution in [0, 0.1) is 3.57 Å². The van der Waals surface area contributed by atoms with Gasteiger partial charge in [0.15, 0.2) is 0 Å². The minimum Gasteiger partial charge on any atom is -0.477 e. The first kappa shape index (κ1) is 9.39. The van der Waals surface area contributed by atoms with E-state index in [4.69, 9.17) is 5.11 Å². The highest BCUT2D eigenvalue weighted by molar-refractivity contribution is 14.1. The Balaban J connectivity index is 2.67. The normalized spacial score (nSPS) is 10.4. The number of carbonyl (C=O) groups is 1. The van der Waals surface area contributed by atoms with Crippen molar-refractivity contribution in [1.82, 2.24) is 4.98 Å². The van der Waals surface area contributed by atoms with Gasteiger partial charge in [0.05, 0.1) is 0 Å². The third-order valence-corrected chi connectivity index (χ3v) is 2.57. The van der Waals surface area contributed by atoms with Gasteiger partial charge in [0.1, 0.15) is 5.69 Å². The van der Waals surface area contributed by atoms with Gasteiger partial charge in [-0.3, -0.25) is 0 Å². The number of aromatic carboxylic acids is 1. The van der Waals surface area contributed by atoms with Crippen LogP contribution in [0.5, 0.6) is 0 Å². The van der Waals surface area contributed by atoms with Crippen LogP contribution in [0.2, 0.25) is 0 Å². The van der Waals surface area contributed by atoms with Gasteiger partial charge >= 0.3 is 5.97 Å². The topological polar surface area (TPSA) is 50.2 Å². The van der Waals surface area contributed by atoms with E-state index >= 15 is 0 Å². The van der Waals surface area contributed by atoms with Gasteiger partial charge in [0, 0.05) is 15.2 Å². The molecule has 1 aromatic heterocycles. The molecule has 1 heterocycles. The quantitative estimate of drug-likeness (QED) is 0.823. The second-order valence-electron chi connectivity index (χ2n) is 2.87. The molecule has 0 fully saturated rings. The second kappa shape index (κ2) is 3.53. The summed E-state index contributed by atoms with van der Waals surface area (Å²) in [7, 11) is 0. The summed E-state index contributed by atoms with van der Waals surface area (Å²) in [5.74, 6) is -0.995. The number of benzene rings is 1.